The average Bonchev–Trinajstić information content (AvgIpc) is 2.50. The summed E-state index contributed by atoms with van der Waals surface area (Å²) in [7, 11) is 3.26. The number of ether oxygens (including phenoxy) is 2. The minimum Gasteiger partial charge on any atom is -0.495 e. The van der Waals surface area contributed by atoms with Gasteiger partial charge in [-0.1, -0.05) is 79.0 Å². The summed E-state index contributed by atoms with van der Waals surface area (Å²) in [6.45, 7) is 2.24. The third-order valence-electron chi connectivity index (χ3n) is 3.66. The number of rotatable bonds is 10. The van der Waals surface area contributed by atoms with Crippen LogP contribution in [0.25, 0.3) is 0 Å². The lowest BCUT2D eigenvalue weighted by atomic mass is 10.0. The second-order valence-electron chi connectivity index (χ2n) is 5.23. The maximum absolute atomic E-state index is 6.31. The van der Waals surface area contributed by atoms with Crippen molar-refractivity contribution in [3.8, 4) is 11.5 Å². The van der Waals surface area contributed by atoms with Gasteiger partial charge in [0.2, 0.25) is 0 Å². The van der Waals surface area contributed by atoms with Gasteiger partial charge in [0.25, 0.3) is 0 Å². The number of methoxy groups -OCH3 is 2. The minimum atomic E-state index is 0.266. The number of halogens is 2. The minimum absolute atomic E-state index is 0.266. The van der Waals surface area contributed by atoms with Crippen molar-refractivity contribution < 1.29 is 9.47 Å². The van der Waals surface area contributed by atoms with Crippen molar-refractivity contribution >= 4 is 27.5 Å². The molecule has 0 heterocycles. The van der Waals surface area contributed by atoms with E-state index in [9.17, 15) is 0 Å². The summed E-state index contributed by atoms with van der Waals surface area (Å²) in [5, 5.41) is 0.546. The van der Waals surface area contributed by atoms with Crippen molar-refractivity contribution in [1.82, 2.24) is 0 Å². The van der Waals surface area contributed by atoms with Crippen molar-refractivity contribution in [1.29, 1.82) is 0 Å². The van der Waals surface area contributed by atoms with Gasteiger partial charge in [0.1, 0.15) is 16.5 Å². The van der Waals surface area contributed by atoms with Gasteiger partial charge in [-0.15, -0.1) is 0 Å². The number of hydrogen-bond donors (Lipinski definition) is 0. The molecule has 2 nitrogen and oxygen atoms in total. The molecule has 1 atom stereocenters. The zero-order valence-corrected chi connectivity index (χ0v) is 15.6. The molecule has 0 fully saturated rings. The van der Waals surface area contributed by atoms with Gasteiger partial charge in [-0.25, -0.2) is 0 Å². The van der Waals surface area contributed by atoms with Crippen LogP contribution in [0.15, 0.2) is 12.1 Å². The third-order valence-corrected chi connectivity index (χ3v) is 4.97. The molecule has 1 unspecified atom stereocenters. The van der Waals surface area contributed by atoms with E-state index in [2.05, 4.69) is 22.9 Å². The van der Waals surface area contributed by atoms with Crippen LogP contribution in [0.5, 0.6) is 11.5 Å². The van der Waals surface area contributed by atoms with Crippen LogP contribution in [0.2, 0.25) is 5.02 Å². The zero-order chi connectivity index (χ0) is 15.7. The summed E-state index contributed by atoms with van der Waals surface area (Å²) in [5.41, 5.74) is 1.09. The van der Waals surface area contributed by atoms with E-state index >= 15 is 0 Å². The van der Waals surface area contributed by atoms with Gasteiger partial charge >= 0.3 is 0 Å². The molecule has 0 spiro atoms. The molecule has 4 heteroatoms. The summed E-state index contributed by atoms with van der Waals surface area (Å²) in [6, 6.07) is 3.93. The van der Waals surface area contributed by atoms with Crippen LogP contribution in [0.4, 0.5) is 0 Å². The Morgan fingerprint density at radius 3 is 2.33 bits per heavy atom. The maximum atomic E-state index is 6.31. The van der Waals surface area contributed by atoms with E-state index in [1.54, 1.807) is 14.2 Å². The van der Waals surface area contributed by atoms with Crippen molar-refractivity contribution in [3.63, 3.8) is 0 Å². The van der Waals surface area contributed by atoms with Gasteiger partial charge in [0.05, 0.1) is 14.2 Å². The summed E-state index contributed by atoms with van der Waals surface area (Å²) >= 11 is 10.1. The molecule has 0 amide bonds. The Morgan fingerprint density at radius 1 is 1.05 bits per heavy atom. The van der Waals surface area contributed by atoms with E-state index in [0.29, 0.717) is 16.5 Å². The van der Waals surface area contributed by atoms with E-state index in [0.717, 1.165) is 12.0 Å². The van der Waals surface area contributed by atoms with Gasteiger partial charge in [-0.3, -0.25) is 0 Å². The second kappa shape index (κ2) is 10.3. The molecule has 0 aromatic heterocycles. The standard InChI is InChI=1S/C17H26BrClO2/c1-4-5-6-7-8-9-10-14(18)13-11-12-15(20-2)16(19)17(13)21-3/h11-12,14H,4-10H2,1-3H3. The van der Waals surface area contributed by atoms with Crippen molar-refractivity contribution in [3.05, 3.63) is 22.7 Å². The average molecular weight is 378 g/mol. The number of hydrogen-bond acceptors (Lipinski definition) is 2. The Balaban J connectivity index is 2.57. The molecule has 21 heavy (non-hydrogen) atoms. The fourth-order valence-electron chi connectivity index (χ4n) is 2.42. The van der Waals surface area contributed by atoms with E-state index < -0.39 is 0 Å². The first kappa shape index (κ1) is 18.6. The van der Waals surface area contributed by atoms with Crippen molar-refractivity contribution in [2.75, 3.05) is 14.2 Å². The lowest BCUT2D eigenvalue weighted by Crippen LogP contribution is -1.98. The zero-order valence-electron chi connectivity index (χ0n) is 13.3. The third kappa shape index (κ3) is 5.71. The largest absolute Gasteiger partial charge is 0.495 e. The van der Waals surface area contributed by atoms with Crippen LogP contribution in [0.3, 0.4) is 0 Å². The molecule has 0 aliphatic heterocycles. The molecule has 0 aliphatic rings. The molecule has 0 aliphatic carbocycles. The van der Waals surface area contributed by atoms with Crippen LogP contribution in [-0.2, 0) is 0 Å². The van der Waals surface area contributed by atoms with E-state index in [4.69, 9.17) is 21.1 Å². The summed E-state index contributed by atoms with van der Waals surface area (Å²) in [6.07, 6.45) is 8.91. The number of benzene rings is 1. The first-order valence-electron chi connectivity index (χ1n) is 7.70. The van der Waals surface area contributed by atoms with E-state index in [-0.39, 0.29) is 4.83 Å². The Labute approximate surface area is 142 Å². The van der Waals surface area contributed by atoms with Gasteiger partial charge < -0.3 is 9.47 Å². The van der Waals surface area contributed by atoms with Crippen LogP contribution in [0.1, 0.15) is 62.3 Å². The highest BCUT2D eigenvalue weighted by Gasteiger charge is 2.18. The highest BCUT2D eigenvalue weighted by molar-refractivity contribution is 9.09. The molecular formula is C17H26BrClO2. The molecule has 0 bridgehead atoms. The molecule has 0 N–H and O–H groups in total. The molecule has 1 aromatic rings. The van der Waals surface area contributed by atoms with Gasteiger partial charge in [-0.2, -0.15) is 0 Å². The van der Waals surface area contributed by atoms with Gasteiger partial charge in [-0.05, 0) is 12.5 Å². The molecular weight excluding hydrogens is 352 g/mol. The SMILES string of the molecule is CCCCCCCCC(Br)c1ccc(OC)c(Cl)c1OC. The summed E-state index contributed by atoms with van der Waals surface area (Å²) in [5.74, 6) is 1.36. The lowest BCUT2D eigenvalue weighted by molar-refractivity contribution is 0.391. The topological polar surface area (TPSA) is 18.5 Å². The highest BCUT2D eigenvalue weighted by Crippen LogP contribution is 2.43. The van der Waals surface area contributed by atoms with Crippen LogP contribution in [0, 0.1) is 0 Å². The normalized spacial score (nSPS) is 12.2. The van der Waals surface area contributed by atoms with Crippen LogP contribution in [-0.4, -0.2) is 14.2 Å². The van der Waals surface area contributed by atoms with Crippen molar-refractivity contribution in [2.24, 2.45) is 0 Å². The molecule has 1 rings (SSSR count). The predicted molar refractivity (Wildman–Crippen MR) is 94.2 cm³/mol. The number of unbranched alkanes of at least 4 members (excludes halogenated alkanes) is 5. The van der Waals surface area contributed by atoms with E-state index in [1.807, 2.05) is 12.1 Å². The fourth-order valence-corrected chi connectivity index (χ4v) is 3.43. The Kier molecular flexibility index (Phi) is 9.18. The monoisotopic (exact) mass is 376 g/mol. The Morgan fingerprint density at radius 2 is 1.71 bits per heavy atom. The molecule has 1 aromatic carbocycles. The van der Waals surface area contributed by atoms with E-state index in [1.165, 1.54) is 38.5 Å². The first-order chi connectivity index (χ1) is 10.2. The highest BCUT2D eigenvalue weighted by atomic mass is 79.9. The van der Waals surface area contributed by atoms with Crippen LogP contribution < -0.4 is 9.47 Å². The number of alkyl halides is 1. The second-order valence-corrected chi connectivity index (χ2v) is 6.71. The summed E-state index contributed by atoms with van der Waals surface area (Å²) < 4.78 is 10.7. The maximum Gasteiger partial charge on any atom is 0.145 e. The van der Waals surface area contributed by atoms with Gasteiger partial charge in [0, 0.05) is 10.4 Å². The Hall–Kier alpha value is -0.410. The molecule has 0 radical (unpaired) electrons. The van der Waals surface area contributed by atoms with Gasteiger partial charge in [0.15, 0.2) is 0 Å². The molecule has 0 saturated carbocycles. The van der Waals surface area contributed by atoms with Crippen molar-refractivity contribution in [2.45, 2.75) is 56.7 Å². The lowest BCUT2D eigenvalue weighted by Gasteiger charge is -2.17. The smallest absolute Gasteiger partial charge is 0.145 e. The Bertz CT molecular complexity index is 423. The quantitative estimate of drug-likeness (QED) is 0.340. The first-order valence-corrected chi connectivity index (χ1v) is 8.99. The fraction of sp³-hybridized carbons (Fsp3) is 0.647. The molecule has 120 valence electrons. The van der Waals surface area contributed by atoms with Crippen LogP contribution >= 0.6 is 27.5 Å². The summed E-state index contributed by atoms with van der Waals surface area (Å²) in [4.78, 5) is 0.266. The molecule has 0 saturated heterocycles. The predicted octanol–water partition coefficient (Wildman–Crippen LogP) is 6.54.